The van der Waals surface area contributed by atoms with Crippen LogP contribution < -0.4 is 5.32 Å². The van der Waals surface area contributed by atoms with Gasteiger partial charge in [-0.05, 0) is 161 Å². The van der Waals surface area contributed by atoms with E-state index < -0.39 is 27.2 Å². The molecule has 2 saturated heterocycles. The maximum absolute atomic E-state index is 12.2. The van der Waals surface area contributed by atoms with E-state index in [0.29, 0.717) is 18.9 Å². The normalized spacial score (nSPS) is 22.9. The molecule has 0 bridgehead atoms. The summed E-state index contributed by atoms with van der Waals surface area (Å²) in [6.07, 6.45) is 14.2. The summed E-state index contributed by atoms with van der Waals surface area (Å²) in [5, 5.41) is 23.2. The zero-order valence-electron chi connectivity index (χ0n) is 33.4. The lowest BCUT2D eigenvalue weighted by Crippen LogP contribution is -2.48. The molecule has 2 aliphatic carbocycles. The van der Waals surface area contributed by atoms with Crippen LogP contribution in [0.5, 0.6) is 0 Å². The van der Waals surface area contributed by atoms with Gasteiger partial charge in [-0.25, -0.2) is 0 Å². The van der Waals surface area contributed by atoms with Gasteiger partial charge in [0.2, 0.25) is 0 Å². The predicted molar refractivity (Wildman–Crippen MR) is 232 cm³/mol. The summed E-state index contributed by atoms with van der Waals surface area (Å²) in [7, 11) is -4.06. The molecule has 1 N–H and O–H groups in total. The second kappa shape index (κ2) is 23.8. The molecule has 0 amide bonds. The summed E-state index contributed by atoms with van der Waals surface area (Å²) in [5.74, 6) is 1.62. The minimum Gasteiger partial charge on any atom is -0.317 e. The molecule has 4 fully saturated rings. The second-order valence-corrected chi connectivity index (χ2v) is 18.3. The summed E-state index contributed by atoms with van der Waals surface area (Å²) < 4.78 is 29.6. The number of nitro benzene ring substituents is 1. The third-order valence-electron chi connectivity index (χ3n) is 11.8. The van der Waals surface area contributed by atoms with Gasteiger partial charge in [0.25, 0.3) is 15.8 Å². The van der Waals surface area contributed by atoms with Gasteiger partial charge in [-0.15, -0.1) is 0 Å². The van der Waals surface area contributed by atoms with E-state index in [-0.39, 0.29) is 16.6 Å². The maximum Gasteiger partial charge on any atom is 0.297 e. The first kappa shape index (κ1) is 46.2. The van der Waals surface area contributed by atoms with Crippen LogP contribution in [0.4, 0.5) is 5.69 Å². The highest BCUT2D eigenvalue weighted by molar-refractivity contribution is 7.86. The summed E-state index contributed by atoms with van der Waals surface area (Å²) in [6.45, 7) is 4.64. The Morgan fingerprint density at radius 3 is 1.75 bits per heavy atom. The van der Waals surface area contributed by atoms with Gasteiger partial charge >= 0.3 is 0 Å². The minimum absolute atomic E-state index is 0.164. The van der Waals surface area contributed by atoms with Crippen LogP contribution >= 0.6 is 23.2 Å². The van der Waals surface area contributed by atoms with Gasteiger partial charge in [0.1, 0.15) is 0 Å². The van der Waals surface area contributed by atoms with Gasteiger partial charge < -0.3 is 5.32 Å². The molecule has 0 unspecified atom stereocenters. The molecular formula is C42H55Cl2N9O5S. The number of hydrogen-bond donors (Lipinski definition) is 1. The largest absolute Gasteiger partial charge is 0.317 e. The van der Waals surface area contributed by atoms with Crippen molar-refractivity contribution in [1.29, 1.82) is 0 Å². The minimum atomic E-state index is -4.06. The van der Waals surface area contributed by atoms with E-state index in [1.165, 1.54) is 75.6 Å². The van der Waals surface area contributed by atoms with Gasteiger partial charge in [0.15, 0.2) is 0 Å². The van der Waals surface area contributed by atoms with E-state index in [4.69, 9.17) is 38.4 Å². The Morgan fingerprint density at radius 1 is 0.712 bits per heavy atom. The maximum atomic E-state index is 12.2. The molecule has 59 heavy (non-hydrogen) atoms. The molecule has 4 atom stereocenters. The van der Waals surface area contributed by atoms with Crippen LogP contribution in [0, 0.1) is 22.0 Å². The molecule has 3 aromatic rings. The molecule has 7 rings (SSSR count). The van der Waals surface area contributed by atoms with Crippen molar-refractivity contribution in [2.45, 2.75) is 119 Å². The average Bonchev–Trinajstić information content (AvgIpc) is 3.25. The standard InChI is InChI=1S/C18H25ClN4.C12H16ClN.C12H14N4O5S/c19-16-7-5-14(6-8-16)13-15-9-11-23(12-10-15)18-4-2-1-3-17(18)21-22-20;13-12-3-1-10(2-4-12)9-11-5-7-14-8-6-11;13-15-14-11-3-1-2-4-12(11)21-22(19,20)10-7-5-9(6-8-10)16(17)18/h5-8,15,17-18H,1-4,9-13H2;1-4,11,14H,5-9H2;5-8,11-12H,1-4H2/t17-,18+;;11-,12-/m1.1/s1. The quantitative estimate of drug-likeness (QED) is 0.0493. The smallest absolute Gasteiger partial charge is 0.297 e. The van der Waals surface area contributed by atoms with Crippen LogP contribution in [0.15, 0.2) is 87.9 Å². The first-order valence-corrected chi connectivity index (χ1v) is 22.9. The molecule has 14 nitrogen and oxygen atoms in total. The topological polar surface area (TPSA) is 199 Å². The van der Waals surface area contributed by atoms with Crippen LogP contribution in [-0.2, 0) is 27.1 Å². The van der Waals surface area contributed by atoms with Crippen LogP contribution in [-0.4, -0.2) is 68.6 Å². The number of halogens is 2. The van der Waals surface area contributed by atoms with E-state index in [1.807, 2.05) is 24.3 Å². The molecule has 3 aromatic carbocycles. The number of nitrogens with one attached hydrogen (secondary N) is 1. The van der Waals surface area contributed by atoms with Crippen molar-refractivity contribution in [3.05, 3.63) is 125 Å². The van der Waals surface area contributed by atoms with Gasteiger partial charge in [0, 0.05) is 38.0 Å². The zero-order valence-corrected chi connectivity index (χ0v) is 35.7. The van der Waals surface area contributed by atoms with Gasteiger partial charge in [-0.1, -0.05) is 83.4 Å². The Bertz CT molecular complexity index is 1970. The number of benzene rings is 3. The molecule has 0 radical (unpaired) electrons. The monoisotopic (exact) mass is 867 g/mol. The van der Waals surface area contributed by atoms with Crippen LogP contribution in [0.25, 0.3) is 20.9 Å². The number of likely N-dealkylation sites (tertiary alicyclic amines) is 1. The first-order valence-electron chi connectivity index (χ1n) is 20.7. The fourth-order valence-corrected chi connectivity index (χ4v) is 9.92. The molecule has 318 valence electrons. The van der Waals surface area contributed by atoms with Gasteiger partial charge in [0.05, 0.1) is 28.0 Å². The summed E-state index contributed by atoms with van der Waals surface area (Å²) >= 11 is 11.8. The molecule has 2 saturated carbocycles. The Balaban J connectivity index is 0.000000173. The average molecular weight is 869 g/mol. The van der Waals surface area contributed by atoms with E-state index >= 15 is 0 Å². The fourth-order valence-electron chi connectivity index (χ4n) is 8.54. The van der Waals surface area contributed by atoms with E-state index in [0.717, 1.165) is 84.9 Å². The number of rotatable bonds is 11. The van der Waals surface area contributed by atoms with Crippen molar-refractivity contribution < 1.29 is 17.5 Å². The number of nitrogens with zero attached hydrogens (tertiary/aromatic N) is 8. The lowest BCUT2D eigenvalue weighted by atomic mass is 9.85. The Labute approximate surface area is 357 Å². The first-order chi connectivity index (χ1) is 28.5. The number of non-ortho nitro benzene ring substituents is 1. The predicted octanol–water partition coefficient (Wildman–Crippen LogP) is 11.0. The third kappa shape index (κ3) is 14.9. The van der Waals surface area contributed by atoms with Crippen molar-refractivity contribution in [2.24, 2.45) is 22.1 Å². The molecule has 0 spiro atoms. The van der Waals surface area contributed by atoms with Crippen LogP contribution in [0.2, 0.25) is 10.0 Å². The lowest BCUT2D eigenvalue weighted by Gasteiger charge is -2.42. The molecule has 17 heteroatoms. The van der Waals surface area contributed by atoms with Crippen LogP contribution in [0.3, 0.4) is 0 Å². The molecular weight excluding hydrogens is 813 g/mol. The van der Waals surface area contributed by atoms with Gasteiger partial charge in [-0.3, -0.25) is 19.2 Å². The van der Waals surface area contributed by atoms with Crippen molar-refractivity contribution in [3.8, 4) is 0 Å². The van der Waals surface area contributed by atoms with Crippen molar-refractivity contribution in [3.63, 3.8) is 0 Å². The summed E-state index contributed by atoms with van der Waals surface area (Å²) in [6, 6.07) is 21.1. The molecule has 2 heterocycles. The SMILES string of the molecule is Clc1ccc(CC2CCNCC2)cc1.[N-]=[N+]=N[C@@H]1CCCC[C@@H]1N1CCC(Cc2ccc(Cl)cc2)CC1.[N-]=[N+]=N[C@@H]1CCCC[C@H]1OS(=O)(=O)c1ccc([N+](=O)[O-])cc1. The molecule has 2 aliphatic heterocycles. The molecule has 4 aliphatic rings. The Kier molecular flexibility index (Phi) is 18.6. The summed E-state index contributed by atoms with van der Waals surface area (Å²) in [4.78, 5) is 18.2. The van der Waals surface area contributed by atoms with E-state index in [9.17, 15) is 18.5 Å². The van der Waals surface area contributed by atoms with Gasteiger partial charge in [-0.2, -0.15) is 8.42 Å². The number of piperidine rings is 2. The Hall–Kier alpha value is -3.91. The van der Waals surface area contributed by atoms with Crippen LogP contribution in [0.1, 0.15) is 88.2 Å². The molecule has 0 aromatic heterocycles. The number of nitro groups is 1. The number of azide groups is 2. The highest BCUT2D eigenvalue weighted by atomic mass is 35.5. The second-order valence-electron chi connectivity index (χ2n) is 15.9. The Morgan fingerprint density at radius 2 is 1.20 bits per heavy atom. The zero-order chi connectivity index (χ0) is 42.0. The van der Waals surface area contributed by atoms with E-state index in [2.05, 4.69) is 54.5 Å². The lowest BCUT2D eigenvalue weighted by molar-refractivity contribution is -0.384. The van der Waals surface area contributed by atoms with Crippen molar-refractivity contribution in [1.82, 2.24) is 10.2 Å². The van der Waals surface area contributed by atoms with Crippen molar-refractivity contribution >= 4 is 39.0 Å². The number of hydrogen-bond acceptors (Lipinski definition) is 9. The van der Waals surface area contributed by atoms with E-state index in [1.54, 1.807) is 0 Å². The highest BCUT2D eigenvalue weighted by Gasteiger charge is 2.33. The fraction of sp³-hybridized carbons (Fsp3) is 0.571. The highest BCUT2D eigenvalue weighted by Crippen LogP contribution is 2.31. The summed E-state index contributed by atoms with van der Waals surface area (Å²) in [5.41, 5.74) is 19.9. The third-order valence-corrected chi connectivity index (χ3v) is 13.7. The van der Waals surface area contributed by atoms with Crippen molar-refractivity contribution in [2.75, 3.05) is 26.2 Å².